The number of carbonyl (C=O) groups is 1. The van der Waals surface area contributed by atoms with E-state index in [-0.39, 0.29) is 5.91 Å². The van der Waals surface area contributed by atoms with E-state index < -0.39 is 0 Å². The number of carbonyl (C=O) groups excluding carboxylic acids is 1. The Morgan fingerprint density at radius 1 is 1.00 bits per heavy atom. The maximum Gasteiger partial charge on any atom is 0.250 e. The van der Waals surface area contributed by atoms with Crippen LogP contribution < -0.4 is 0 Å². The van der Waals surface area contributed by atoms with E-state index in [2.05, 4.69) is 28.6 Å². The molecular weight excluding hydrogens is 406 g/mol. The van der Waals surface area contributed by atoms with Gasteiger partial charge in [0, 0.05) is 4.88 Å². The fourth-order valence-electron chi connectivity index (χ4n) is 2.62. The van der Waals surface area contributed by atoms with Gasteiger partial charge in [-0.3, -0.25) is 4.79 Å². The monoisotopic (exact) mass is 423 g/mol. The van der Waals surface area contributed by atoms with Crippen LogP contribution in [-0.2, 0) is 11.3 Å². The smallest absolute Gasteiger partial charge is 0.250 e. The Morgan fingerprint density at radius 2 is 1.65 bits per heavy atom. The number of benzene rings is 2. The Hall–Kier alpha value is -2.43. The number of halogens is 1. The SMILES string of the molecule is C=CC(=O)N(Cc1ccccc1)/C(=C\c1ccc(Br)s1)c1ccccc1. The first-order valence-electron chi connectivity index (χ1n) is 8.17. The molecule has 0 N–H and O–H groups in total. The van der Waals surface area contributed by atoms with Crippen LogP contribution in [0.25, 0.3) is 11.8 Å². The molecule has 0 aliphatic carbocycles. The molecular formula is C22H18BrNOS. The zero-order valence-corrected chi connectivity index (χ0v) is 16.5. The summed E-state index contributed by atoms with van der Waals surface area (Å²) in [4.78, 5) is 15.5. The molecule has 0 bridgehead atoms. The minimum atomic E-state index is -0.125. The number of thiophene rings is 1. The summed E-state index contributed by atoms with van der Waals surface area (Å²) < 4.78 is 1.06. The highest BCUT2D eigenvalue weighted by Crippen LogP contribution is 2.29. The molecule has 0 saturated heterocycles. The molecule has 0 unspecified atom stereocenters. The van der Waals surface area contributed by atoms with Crippen molar-refractivity contribution >= 4 is 44.9 Å². The molecule has 3 aromatic rings. The number of nitrogens with zero attached hydrogens (tertiary/aromatic N) is 1. The van der Waals surface area contributed by atoms with Crippen molar-refractivity contribution in [3.8, 4) is 0 Å². The van der Waals surface area contributed by atoms with Crippen molar-refractivity contribution in [2.24, 2.45) is 0 Å². The second-order valence-corrected chi connectivity index (χ2v) is 8.15. The maximum absolute atomic E-state index is 12.7. The fraction of sp³-hybridized carbons (Fsp3) is 0.0455. The van der Waals surface area contributed by atoms with E-state index in [1.807, 2.05) is 72.8 Å². The molecule has 0 saturated carbocycles. The highest BCUT2D eigenvalue weighted by molar-refractivity contribution is 9.11. The van der Waals surface area contributed by atoms with Gasteiger partial charge in [-0.05, 0) is 51.3 Å². The van der Waals surface area contributed by atoms with Crippen LogP contribution in [0.4, 0.5) is 0 Å². The molecule has 1 aromatic heterocycles. The van der Waals surface area contributed by atoms with Gasteiger partial charge in [0.05, 0.1) is 16.0 Å². The summed E-state index contributed by atoms with van der Waals surface area (Å²) in [7, 11) is 0. The van der Waals surface area contributed by atoms with Gasteiger partial charge in [-0.15, -0.1) is 11.3 Å². The Morgan fingerprint density at radius 3 is 2.23 bits per heavy atom. The van der Waals surface area contributed by atoms with Crippen molar-refractivity contribution in [2.75, 3.05) is 0 Å². The second kappa shape index (κ2) is 8.79. The van der Waals surface area contributed by atoms with Crippen molar-refractivity contribution in [1.29, 1.82) is 0 Å². The molecule has 0 radical (unpaired) electrons. The van der Waals surface area contributed by atoms with Crippen LogP contribution in [0.15, 0.2) is 89.2 Å². The normalized spacial score (nSPS) is 11.2. The molecule has 2 nitrogen and oxygen atoms in total. The molecule has 0 aliphatic heterocycles. The van der Waals surface area contributed by atoms with Gasteiger partial charge < -0.3 is 4.90 Å². The lowest BCUT2D eigenvalue weighted by Crippen LogP contribution is -2.27. The first-order chi connectivity index (χ1) is 12.7. The van der Waals surface area contributed by atoms with Crippen molar-refractivity contribution in [2.45, 2.75) is 6.54 Å². The average Bonchev–Trinajstić information content (AvgIpc) is 3.10. The third kappa shape index (κ3) is 4.59. The molecule has 0 spiro atoms. The lowest BCUT2D eigenvalue weighted by atomic mass is 10.1. The average molecular weight is 424 g/mol. The summed E-state index contributed by atoms with van der Waals surface area (Å²) in [6.45, 7) is 4.17. The molecule has 0 fully saturated rings. The van der Waals surface area contributed by atoms with Crippen LogP contribution in [0.1, 0.15) is 16.0 Å². The van der Waals surface area contributed by atoms with Gasteiger partial charge >= 0.3 is 0 Å². The van der Waals surface area contributed by atoms with Crippen LogP contribution >= 0.6 is 27.3 Å². The number of hydrogen-bond donors (Lipinski definition) is 0. The van der Waals surface area contributed by atoms with E-state index in [0.717, 1.165) is 25.5 Å². The van der Waals surface area contributed by atoms with E-state index in [4.69, 9.17) is 0 Å². The van der Waals surface area contributed by atoms with Crippen LogP contribution in [0.5, 0.6) is 0 Å². The molecule has 0 aliphatic rings. The summed E-state index contributed by atoms with van der Waals surface area (Å²) in [5, 5.41) is 0. The first kappa shape index (κ1) is 18.4. The predicted molar refractivity (Wildman–Crippen MR) is 114 cm³/mol. The highest BCUT2D eigenvalue weighted by atomic mass is 79.9. The Bertz CT molecular complexity index is 916. The van der Waals surface area contributed by atoms with Gasteiger partial charge in [-0.1, -0.05) is 67.2 Å². The zero-order chi connectivity index (χ0) is 18.4. The van der Waals surface area contributed by atoms with E-state index in [0.29, 0.717) is 6.54 Å². The largest absolute Gasteiger partial charge is 0.304 e. The first-order valence-corrected chi connectivity index (χ1v) is 9.78. The van der Waals surface area contributed by atoms with Crippen molar-refractivity contribution in [3.63, 3.8) is 0 Å². The van der Waals surface area contributed by atoms with Crippen LogP contribution in [0.3, 0.4) is 0 Å². The summed E-state index contributed by atoms with van der Waals surface area (Å²) in [5.74, 6) is -0.125. The standard InChI is InChI=1S/C22H18BrNOS/c1-2-22(25)24(16-17-9-5-3-6-10-17)20(18-11-7-4-8-12-18)15-19-13-14-21(23)26-19/h2-15H,1,16H2/b20-15-. The maximum atomic E-state index is 12.7. The molecule has 1 heterocycles. The van der Waals surface area contributed by atoms with Gasteiger partial charge in [0.2, 0.25) is 0 Å². The third-order valence-electron chi connectivity index (χ3n) is 3.86. The lowest BCUT2D eigenvalue weighted by molar-refractivity contribution is -0.123. The summed E-state index contributed by atoms with van der Waals surface area (Å²) >= 11 is 5.13. The fourth-order valence-corrected chi connectivity index (χ4v) is 3.99. The van der Waals surface area contributed by atoms with E-state index in [1.165, 1.54) is 6.08 Å². The van der Waals surface area contributed by atoms with Crippen LogP contribution in [0, 0.1) is 0 Å². The molecule has 4 heteroatoms. The lowest BCUT2D eigenvalue weighted by Gasteiger charge is -2.25. The summed E-state index contributed by atoms with van der Waals surface area (Å²) in [6.07, 6.45) is 3.42. The molecule has 0 atom stereocenters. The Labute approximate surface area is 166 Å². The molecule has 2 aromatic carbocycles. The van der Waals surface area contributed by atoms with Crippen molar-refractivity contribution < 1.29 is 4.79 Å². The molecule has 3 rings (SSSR count). The Kier molecular flexibility index (Phi) is 6.21. The molecule has 130 valence electrons. The van der Waals surface area contributed by atoms with Crippen molar-refractivity contribution in [1.82, 2.24) is 4.90 Å². The van der Waals surface area contributed by atoms with Gasteiger partial charge in [0.15, 0.2) is 0 Å². The zero-order valence-electron chi connectivity index (χ0n) is 14.1. The minimum absolute atomic E-state index is 0.125. The van der Waals surface area contributed by atoms with Gasteiger partial charge in [-0.25, -0.2) is 0 Å². The van der Waals surface area contributed by atoms with E-state index >= 15 is 0 Å². The summed E-state index contributed by atoms with van der Waals surface area (Å²) in [5.41, 5.74) is 2.91. The number of amides is 1. The second-order valence-electron chi connectivity index (χ2n) is 5.65. The third-order valence-corrected chi connectivity index (χ3v) is 5.43. The van der Waals surface area contributed by atoms with E-state index in [9.17, 15) is 4.79 Å². The van der Waals surface area contributed by atoms with Gasteiger partial charge in [0.25, 0.3) is 5.91 Å². The predicted octanol–water partition coefficient (Wildman–Crippen LogP) is 6.22. The number of hydrogen-bond acceptors (Lipinski definition) is 2. The topological polar surface area (TPSA) is 20.3 Å². The summed E-state index contributed by atoms with van der Waals surface area (Å²) in [6, 6.07) is 24.0. The Balaban J connectivity index is 2.08. The van der Waals surface area contributed by atoms with Crippen LogP contribution in [-0.4, -0.2) is 10.8 Å². The molecule has 26 heavy (non-hydrogen) atoms. The van der Waals surface area contributed by atoms with Crippen LogP contribution in [0.2, 0.25) is 0 Å². The minimum Gasteiger partial charge on any atom is -0.304 e. The number of rotatable bonds is 6. The van der Waals surface area contributed by atoms with E-state index in [1.54, 1.807) is 16.2 Å². The quantitative estimate of drug-likeness (QED) is 0.430. The highest BCUT2D eigenvalue weighted by Gasteiger charge is 2.18. The van der Waals surface area contributed by atoms with Gasteiger partial charge in [-0.2, -0.15) is 0 Å². The van der Waals surface area contributed by atoms with Crippen molar-refractivity contribution in [3.05, 3.63) is 105 Å². The van der Waals surface area contributed by atoms with Gasteiger partial charge in [0.1, 0.15) is 0 Å². The molecule has 1 amide bonds.